The zero-order chi connectivity index (χ0) is 11.3. The van der Waals surface area contributed by atoms with Crippen molar-refractivity contribution in [3.63, 3.8) is 0 Å². The third-order valence-electron chi connectivity index (χ3n) is 1.47. The van der Waals surface area contributed by atoms with Gasteiger partial charge in [-0.25, -0.2) is 5.10 Å². The largest absolute Gasteiger partial charge is 0.481 e. The highest BCUT2D eigenvalue weighted by atomic mass is 32.2. The molecule has 1 amide bonds. The molecule has 0 atom stereocenters. The number of rotatable bonds is 5. The minimum Gasteiger partial charge on any atom is -0.481 e. The van der Waals surface area contributed by atoms with Crippen LogP contribution in [0.1, 0.15) is 12.8 Å². The first-order valence-corrected chi connectivity index (χ1v) is 5.32. The topological polar surface area (TPSA) is 108 Å². The molecule has 3 N–H and O–H groups in total. The van der Waals surface area contributed by atoms with Gasteiger partial charge in [0.05, 0.1) is 6.42 Å². The predicted octanol–water partition coefficient (Wildman–Crippen LogP) is 0.330. The van der Waals surface area contributed by atoms with E-state index in [0.717, 1.165) is 0 Å². The first-order valence-electron chi connectivity index (χ1n) is 4.10. The van der Waals surface area contributed by atoms with E-state index in [1.807, 2.05) is 0 Å². The van der Waals surface area contributed by atoms with Crippen LogP contribution < -0.4 is 5.32 Å². The van der Waals surface area contributed by atoms with Crippen molar-refractivity contribution in [1.29, 1.82) is 0 Å². The summed E-state index contributed by atoms with van der Waals surface area (Å²) in [6, 6.07) is 0. The molecule has 0 bridgehead atoms. The fourth-order valence-corrected chi connectivity index (χ4v) is 1.13. The molecule has 1 heterocycles. The zero-order valence-electron chi connectivity index (χ0n) is 7.98. The summed E-state index contributed by atoms with van der Waals surface area (Å²) in [6.45, 7) is 0. The molecule has 0 aliphatic heterocycles. The number of amides is 1. The second-order valence-electron chi connectivity index (χ2n) is 2.61. The summed E-state index contributed by atoms with van der Waals surface area (Å²) in [5.41, 5.74) is 0. The summed E-state index contributed by atoms with van der Waals surface area (Å²) < 4.78 is 0. The summed E-state index contributed by atoms with van der Waals surface area (Å²) in [6.07, 6.45) is 1.53. The van der Waals surface area contributed by atoms with Crippen LogP contribution in [0.5, 0.6) is 0 Å². The predicted molar refractivity (Wildman–Crippen MR) is 53.7 cm³/mol. The molecule has 15 heavy (non-hydrogen) atoms. The number of aromatic amines is 1. The van der Waals surface area contributed by atoms with Crippen molar-refractivity contribution in [2.45, 2.75) is 18.0 Å². The average Bonchev–Trinajstić information content (AvgIpc) is 2.62. The summed E-state index contributed by atoms with van der Waals surface area (Å²) in [5, 5.41) is 17.6. The molecule has 1 rings (SSSR count). The molecule has 0 saturated heterocycles. The van der Waals surface area contributed by atoms with Crippen molar-refractivity contribution >= 4 is 29.6 Å². The molecule has 8 heteroatoms. The number of hydrogen-bond donors (Lipinski definition) is 3. The number of carbonyl (C=O) groups is 2. The molecular weight excluding hydrogens is 220 g/mol. The van der Waals surface area contributed by atoms with E-state index in [4.69, 9.17) is 5.11 Å². The number of H-pyrrole nitrogens is 1. The quantitative estimate of drug-likeness (QED) is 0.629. The molecule has 82 valence electrons. The van der Waals surface area contributed by atoms with Crippen LogP contribution in [0.15, 0.2) is 5.16 Å². The first-order chi connectivity index (χ1) is 7.11. The zero-order valence-corrected chi connectivity index (χ0v) is 8.80. The van der Waals surface area contributed by atoms with Gasteiger partial charge in [-0.3, -0.25) is 14.9 Å². The third-order valence-corrected chi connectivity index (χ3v) is 2.02. The summed E-state index contributed by atoms with van der Waals surface area (Å²) in [7, 11) is 0. The van der Waals surface area contributed by atoms with Crippen molar-refractivity contribution < 1.29 is 14.7 Å². The molecule has 1 aromatic heterocycles. The minimum atomic E-state index is -1.01. The van der Waals surface area contributed by atoms with Crippen LogP contribution in [0.3, 0.4) is 0 Å². The molecule has 0 spiro atoms. The highest BCUT2D eigenvalue weighted by Gasteiger charge is 2.08. The maximum atomic E-state index is 11.1. The number of nitrogens with zero attached hydrogens (tertiary/aromatic N) is 2. The van der Waals surface area contributed by atoms with Gasteiger partial charge in [-0.15, -0.1) is 5.10 Å². The Morgan fingerprint density at radius 1 is 1.53 bits per heavy atom. The lowest BCUT2D eigenvalue weighted by Crippen LogP contribution is -2.14. The molecule has 0 fully saturated rings. The number of aliphatic carboxylic acids is 1. The van der Waals surface area contributed by atoms with Crippen LogP contribution in [0.25, 0.3) is 0 Å². The van der Waals surface area contributed by atoms with Crippen molar-refractivity contribution in [2.75, 3.05) is 11.6 Å². The Morgan fingerprint density at radius 3 is 2.80 bits per heavy atom. The van der Waals surface area contributed by atoms with Gasteiger partial charge in [0.15, 0.2) is 0 Å². The Labute approximate surface area is 89.7 Å². The Hall–Kier alpha value is -1.57. The molecule has 0 aromatic carbocycles. The van der Waals surface area contributed by atoms with Crippen molar-refractivity contribution in [3.8, 4) is 0 Å². The van der Waals surface area contributed by atoms with Gasteiger partial charge in [0.1, 0.15) is 0 Å². The molecule has 0 aliphatic carbocycles. The molecule has 0 unspecified atom stereocenters. The van der Waals surface area contributed by atoms with E-state index in [1.54, 1.807) is 6.26 Å². The lowest BCUT2D eigenvalue weighted by Gasteiger charge is -1.97. The number of carbonyl (C=O) groups excluding carboxylic acids is 1. The molecule has 0 radical (unpaired) electrons. The smallest absolute Gasteiger partial charge is 0.303 e. The number of nitrogens with one attached hydrogen (secondary N) is 2. The van der Waals surface area contributed by atoms with Crippen LogP contribution in [0.4, 0.5) is 5.95 Å². The Bertz CT molecular complexity index is 365. The Morgan fingerprint density at radius 2 is 2.27 bits per heavy atom. The van der Waals surface area contributed by atoms with Gasteiger partial charge in [0, 0.05) is 6.42 Å². The Balaban J connectivity index is 2.40. The number of hydrogen-bond acceptors (Lipinski definition) is 5. The lowest BCUT2D eigenvalue weighted by atomic mass is 10.3. The average molecular weight is 230 g/mol. The number of anilines is 1. The van der Waals surface area contributed by atoms with Gasteiger partial charge in [-0.05, 0) is 6.26 Å². The maximum Gasteiger partial charge on any atom is 0.303 e. The molecule has 0 saturated carbocycles. The van der Waals surface area contributed by atoms with Gasteiger partial charge in [-0.2, -0.15) is 4.98 Å². The molecule has 0 aliphatic rings. The SMILES string of the molecule is CSc1n[nH]c(NC(=O)CCC(=O)O)n1. The number of carboxylic acid groups (broad SMARTS) is 1. The van der Waals surface area contributed by atoms with E-state index in [2.05, 4.69) is 20.5 Å². The summed E-state index contributed by atoms with van der Waals surface area (Å²) >= 11 is 1.34. The summed E-state index contributed by atoms with van der Waals surface area (Å²) in [5.74, 6) is -1.18. The molecule has 1 aromatic rings. The van der Waals surface area contributed by atoms with Crippen LogP contribution in [-0.4, -0.2) is 38.4 Å². The van der Waals surface area contributed by atoms with Crippen LogP contribution >= 0.6 is 11.8 Å². The van der Waals surface area contributed by atoms with E-state index >= 15 is 0 Å². The summed E-state index contributed by atoms with van der Waals surface area (Å²) in [4.78, 5) is 25.2. The Kier molecular flexibility index (Phi) is 4.10. The fourth-order valence-electron chi connectivity index (χ4n) is 0.809. The highest BCUT2D eigenvalue weighted by Crippen LogP contribution is 2.09. The van der Waals surface area contributed by atoms with E-state index in [0.29, 0.717) is 5.16 Å². The standard InChI is InChI=1S/C7H10N4O3S/c1-15-7-9-6(10-11-7)8-4(12)2-3-5(13)14/h2-3H2,1H3,(H,13,14)(H2,8,9,10,11,12). The second-order valence-corrected chi connectivity index (χ2v) is 3.39. The monoisotopic (exact) mass is 230 g/mol. The second kappa shape index (κ2) is 5.35. The van der Waals surface area contributed by atoms with Crippen molar-refractivity contribution in [3.05, 3.63) is 0 Å². The lowest BCUT2D eigenvalue weighted by molar-refractivity contribution is -0.138. The minimum absolute atomic E-state index is 0.0787. The third kappa shape index (κ3) is 3.98. The van der Waals surface area contributed by atoms with Crippen LogP contribution in [0, 0.1) is 0 Å². The first kappa shape index (κ1) is 11.5. The van der Waals surface area contributed by atoms with Crippen LogP contribution in [0.2, 0.25) is 0 Å². The fraction of sp³-hybridized carbons (Fsp3) is 0.429. The van der Waals surface area contributed by atoms with E-state index < -0.39 is 11.9 Å². The number of carboxylic acids is 1. The number of thioether (sulfide) groups is 1. The maximum absolute atomic E-state index is 11.1. The van der Waals surface area contributed by atoms with Gasteiger partial charge < -0.3 is 5.11 Å². The van der Waals surface area contributed by atoms with E-state index in [1.165, 1.54) is 11.8 Å². The van der Waals surface area contributed by atoms with Crippen molar-refractivity contribution in [2.24, 2.45) is 0 Å². The normalized spacial score (nSPS) is 9.93. The van der Waals surface area contributed by atoms with Crippen molar-refractivity contribution in [1.82, 2.24) is 15.2 Å². The van der Waals surface area contributed by atoms with Gasteiger partial charge in [0.25, 0.3) is 0 Å². The van der Waals surface area contributed by atoms with E-state index in [9.17, 15) is 9.59 Å². The van der Waals surface area contributed by atoms with Gasteiger partial charge in [-0.1, -0.05) is 11.8 Å². The highest BCUT2D eigenvalue weighted by molar-refractivity contribution is 7.98. The van der Waals surface area contributed by atoms with Gasteiger partial charge in [0.2, 0.25) is 17.0 Å². The molecular formula is C7H10N4O3S. The van der Waals surface area contributed by atoms with Crippen LogP contribution in [-0.2, 0) is 9.59 Å². The van der Waals surface area contributed by atoms with Gasteiger partial charge >= 0.3 is 5.97 Å². The number of aromatic nitrogens is 3. The molecule has 7 nitrogen and oxygen atoms in total. The van der Waals surface area contributed by atoms with E-state index in [-0.39, 0.29) is 18.8 Å².